The van der Waals surface area contributed by atoms with Gasteiger partial charge < -0.3 is 9.47 Å². The van der Waals surface area contributed by atoms with Crippen LogP contribution in [0.25, 0.3) is 0 Å². The van der Waals surface area contributed by atoms with Gasteiger partial charge >= 0.3 is 0 Å². The summed E-state index contributed by atoms with van der Waals surface area (Å²) in [4.78, 5) is 34.3. The molecule has 0 atom stereocenters. The number of carbonyl (C=O) groups excluding carboxylic acids is 2. The number of amides is 2. The Kier molecular flexibility index (Phi) is 10.0. The van der Waals surface area contributed by atoms with Crippen molar-refractivity contribution in [2.45, 2.75) is 20.3 Å². The summed E-state index contributed by atoms with van der Waals surface area (Å²) in [7, 11) is 0. The zero-order valence-electron chi connectivity index (χ0n) is 17.9. The number of nitro benzene ring substituents is 1. The first kappa shape index (κ1) is 26.0. The number of nitrogens with zero attached hydrogens (tertiary/aromatic N) is 1. The summed E-state index contributed by atoms with van der Waals surface area (Å²) in [6.45, 7) is 4.42. The lowest BCUT2D eigenvalue weighted by atomic mass is 10.1. The summed E-state index contributed by atoms with van der Waals surface area (Å²) in [6.07, 6.45) is 0.916. The first-order chi connectivity index (χ1) is 15.7. The fourth-order valence-corrected chi connectivity index (χ4v) is 2.98. The van der Waals surface area contributed by atoms with Gasteiger partial charge in [-0.25, -0.2) is 0 Å². The Balaban J connectivity index is 1.75. The zero-order chi connectivity index (χ0) is 24.4. The summed E-state index contributed by atoms with van der Waals surface area (Å²) in [6, 6.07) is 10.2. The van der Waals surface area contributed by atoms with Crippen LogP contribution in [-0.2, 0) is 4.79 Å². The number of ether oxygens (including phenoxy) is 2. The molecule has 0 aliphatic rings. The minimum absolute atomic E-state index is 0.0881. The minimum atomic E-state index is -0.574. The fourth-order valence-electron chi connectivity index (χ4n) is 2.35. The van der Waals surface area contributed by atoms with E-state index in [0.717, 1.165) is 6.42 Å². The van der Waals surface area contributed by atoms with E-state index in [1.807, 2.05) is 0 Å². The molecule has 12 heteroatoms. The average molecular weight is 539 g/mol. The molecule has 176 valence electrons. The Hall–Kier alpha value is -3.25. The van der Waals surface area contributed by atoms with E-state index in [4.69, 9.17) is 21.7 Å². The Labute approximate surface area is 204 Å². The topological polar surface area (TPSA) is 132 Å². The Morgan fingerprint density at radius 3 is 2.42 bits per heavy atom. The molecule has 0 aromatic heterocycles. The van der Waals surface area contributed by atoms with Crippen LogP contribution in [0.2, 0.25) is 0 Å². The average Bonchev–Trinajstić information content (AvgIpc) is 2.77. The van der Waals surface area contributed by atoms with Crippen LogP contribution in [0.3, 0.4) is 0 Å². The highest BCUT2D eigenvalue weighted by Gasteiger charge is 2.12. The van der Waals surface area contributed by atoms with Crippen LogP contribution in [0.1, 0.15) is 30.6 Å². The third-order valence-electron chi connectivity index (χ3n) is 4.11. The van der Waals surface area contributed by atoms with Gasteiger partial charge in [-0.05, 0) is 70.8 Å². The quantitative estimate of drug-likeness (QED) is 0.251. The molecule has 0 bridgehead atoms. The molecule has 2 aromatic rings. The first-order valence-corrected chi connectivity index (χ1v) is 11.1. The van der Waals surface area contributed by atoms with Gasteiger partial charge in [0.2, 0.25) is 0 Å². The summed E-state index contributed by atoms with van der Waals surface area (Å²) in [5.74, 6) is 0.396. The standard InChI is InChI=1S/C21H23BrN4O6S/c1-13(2)9-10-31-18-8-3-14(11-17(18)22)20(28)23-21(33)25-24-19(27)12-32-16-6-4-15(5-7-16)26(29)30/h3-8,11,13H,9-10,12H2,1-2H3,(H,24,27)(H2,23,25,28,33). The third kappa shape index (κ3) is 9.02. The zero-order valence-corrected chi connectivity index (χ0v) is 20.3. The number of nitro groups is 1. The molecule has 0 heterocycles. The van der Waals surface area contributed by atoms with Gasteiger partial charge in [0, 0.05) is 17.7 Å². The molecule has 3 N–H and O–H groups in total. The van der Waals surface area contributed by atoms with Crippen molar-refractivity contribution >= 4 is 50.8 Å². The number of nitrogens with one attached hydrogen (secondary N) is 3. The summed E-state index contributed by atoms with van der Waals surface area (Å²) >= 11 is 8.39. The molecule has 0 aliphatic carbocycles. The summed E-state index contributed by atoms with van der Waals surface area (Å²) in [5.41, 5.74) is 4.94. The predicted octanol–water partition coefficient (Wildman–Crippen LogP) is 3.50. The van der Waals surface area contributed by atoms with Crippen molar-refractivity contribution in [1.29, 1.82) is 0 Å². The molecule has 0 saturated carbocycles. The predicted molar refractivity (Wildman–Crippen MR) is 129 cm³/mol. The molecule has 2 aromatic carbocycles. The lowest BCUT2D eigenvalue weighted by Gasteiger charge is -2.13. The second kappa shape index (κ2) is 12.7. The lowest BCUT2D eigenvalue weighted by Crippen LogP contribution is -2.49. The van der Waals surface area contributed by atoms with Crippen molar-refractivity contribution in [2.24, 2.45) is 5.92 Å². The maximum atomic E-state index is 12.4. The van der Waals surface area contributed by atoms with Crippen LogP contribution in [0.15, 0.2) is 46.9 Å². The van der Waals surface area contributed by atoms with E-state index in [1.54, 1.807) is 18.2 Å². The van der Waals surface area contributed by atoms with E-state index in [0.29, 0.717) is 28.3 Å². The van der Waals surface area contributed by atoms with Gasteiger partial charge in [-0.2, -0.15) is 0 Å². The molecule has 0 saturated heterocycles. The second-order valence-corrected chi connectivity index (χ2v) is 8.43. The van der Waals surface area contributed by atoms with Gasteiger partial charge in [0.1, 0.15) is 11.5 Å². The molecule has 0 unspecified atom stereocenters. The van der Waals surface area contributed by atoms with Gasteiger partial charge in [0.25, 0.3) is 17.5 Å². The van der Waals surface area contributed by atoms with Gasteiger partial charge in [0.15, 0.2) is 11.7 Å². The van der Waals surface area contributed by atoms with E-state index in [2.05, 4.69) is 45.9 Å². The van der Waals surface area contributed by atoms with Crippen LogP contribution in [0, 0.1) is 16.0 Å². The molecule has 0 fully saturated rings. The monoisotopic (exact) mass is 538 g/mol. The molecule has 2 rings (SSSR count). The number of hydrogen-bond donors (Lipinski definition) is 3. The van der Waals surface area contributed by atoms with Crippen molar-refractivity contribution in [1.82, 2.24) is 16.2 Å². The van der Waals surface area contributed by atoms with E-state index in [-0.39, 0.29) is 23.2 Å². The van der Waals surface area contributed by atoms with Crippen LogP contribution >= 0.6 is 28.1 Å². The number of hydrazine groups is 1. The molecule has 2 amide bonds. The maximum absolute atomic E-state index is 12.4. The van der Waals surface area contributed by atoms with Crippen molar-refractivity contribution in [3.8, 4) is 11.5 Å². The van der Waals surface area contributed by atoms with Crippen molar-refractivity contribution in [3.63, 3.8) is 0 Å². The number of non-ortho nitro benzene ring substituents is 1. The molecular weight excluding hydrogens is 516 g/mol. The second-order valence-electron chi connectivity index (χ2n) is 7.17. The summed E-state index contributed by atoms with van der Waals surface area (Å²) < 4.78 is 11.6. The van der Waals surface area contributed by atoms with Gasteiger partial charge in [-0.1, -0.05) is 13.8 Å². The largest absolute Gasteiger partial charge is 0.492 e. The number of halogens is 1. The van der Waals surface area contributed by atoms with Crippen LogP contribution in [0.5, 0.6) is 11.5 Å². The fraction of sp³-hybridized carbons (Fsp3) is 0.286. The van der Waals surface area contributed by atoms with Gasteiger partial charge in [-0.3, -0.25) is 35.9 Å². The molecule has 0 aliphatic heterocycles. The van der Waals surface area contributed by atoms with Crippen molar-refractivity contribution in [3.05, 3.63) is 62.6 Å². The van der Waals surface area contributed by atoms with Gasteiger partial charge in [-0.15, -0.1) is 0 Å². The lowest BCUT2D eigenvalue weighted by molar-refractivity contribution is -0.384. The molecule has 10 nitrogen and oxygen atoms in total. The SMILES string of the molecule is CC(C)CCOc1ccc(C(=O)NC(=S)NNC(=O)COc2ccc([N+](=O)[O-])cc2)cc1Br. The normalized spacial score (nSPS) is 10.3. The summed E-state index contributed by atoms with van der Waals surface area (Å²) in [5, 5.41) is 13.0. The number of benzene rings is 2. The highest BCUT2D eigenvalue weighted by Crippen LogP contribution is 2.26. The van der Waals surface area contributed by atoms with E-state index >= 15 is 0 Å². The highest BCUT2D eigenvalue weighted by molar-refractivity contribution is 9.10. The molecule has 0 spiro atoms. The Morgan fingerprint density at radius 1 is 1.12 bits per heavy atom. The first-order valence-electron chi connectivity index (χ1n) is 9.85. The number of rotatable bonds is 9. The molecule has 33 heavy (non-hydrogen) atoms. The van der Waals surface area contributed by atoms with Crippen molar-refractivity contribution in [2.75, 3.05) is 13.2 Å². The van der Waals surface area contributed by atoms with E-state index in [1.165, 1.54) is 24.3 Å². The number of carbonyl (C=O) groups is 2. The van der Waals surface area contributed by atoms with Crippen LogP contribution in [0.4, 0.5) is 5.69 Å². The maximum Gasteiger partial charge on any atom is 0.276 e. The Bertz CT molecular complexity index is 1020. The number of thiocarbonyl (C=S) groups is 1. The Morgan fingerprint density at radius 2 is 1.82 bits per heavy atom. The molecule has 0 radical (unpaired) electrons. The minimum Gasteiger partial charge on any atom is -0.492 e. The molecular formula is C21H23BrN4O6S. The van der Waals surface area contributed by atoms with E-state index < -0.39 is 16.7 Å². The highest BCUT2D eigenvalue weighted by atomic mass is 79.9. The third-order valence-corrected chi connectivity index (χ3v) is 4.93. The smallest absolute Gasteiger partial charge is 0.276 e. The number of hydrogen-bond acceptors (Lipinski definition) is 7. The van der Waals surface area contributed by atoms with Crippen molar-refractivity contribution < 1.29 is 24.0 Å². The van der Waals surface area contributed by atoms with E-state index in [9.17, 15) is 19.7 Å². The van der Waals surface area contributed by atoms with Gasteiger partial charge in [0.05, 0.1) is 16.0 Å². The van der Waals surface area contributed by atoms with Crippen LogP contribution in [-0.4, -0.2) is 35.1 Å². The van der Waals surface area contributed by atoms with Crippen LogP contribution < -0.4 is 25.6 Å².